The first-order valence-corrected chi connectivity index (χ1v) is 7.92. The molecule has 25 heavy (non-hydrogen) atoms. The second-order valence-corrected chi connectivity index (χ2v) is 5.84. The number of thiazole rings is 1. The van der Waals surface area contributed by atoms with Crippen LogP contribution in [0.2, 0.25) is 0 Å². The molecule has 0 aliphatic rings. The van der Waals surface area contributed by atoms with Gasteiger partial charge in [-0.15, -0.1) is 0 Å². The Morgan fingerprint density at radius 3 is 2.48 bits per heavy atom. The molecule has 0 atom stereocenters. The molecule has 2 aromatic carbocycles. The van der Waals surface area contributed by atoms with Crippen molar-refractivity contribution in [3.05, 3.63) is 54.1 Å². The second kappa shape index (κ2) is 7.21. The Morgan fingerprint density at radius 1 is 1.08 bits per heavy atom. The molecule has 0 aliphatic heterocycles. The summed E-state index contributed by atoms with van der Waals surface area (Å²) >= 11 is 1.41. The molecule has 0 radical (unpaired) electrons. The maximum absolute atomic E-state index is 12.3. The minimum absolute atomic E-state index is 0.274. The van der Waals surface area contributed by atoms with Gasteiger partial charge in [0.1, 0.15) is 12.1 Å². The number of anilines is 2. The van der Waals surface area contributed by atoms with Crippen LogP contribution < -0.4 is 10.7 Å². The number of nitrogens with zero attached hydrogens (tertiary/aromatic N) is 4. The quantitative estimate of drug-likeness (QED) is 0.555. The fourth-order valence-electron chi connectivity index (χ4n) is 1.99. The standard InChI is InChI=1S/C17H10N6OS/c18-9-13(10-19)23-22-12-7-5-11(6-8-12)16(24)21-17-20-14-3-1-2-4-15(14)25-17/h1-8,22H,(H,20,21,24). The zero-order valence-electron chi connectivity index (χ0n) is 12.7. The van der Waals surface area contributed by atoms with Gasteiger partial charge < -0.3 is 0 Å². The van der Waals surface area contributed by atoms with Crippen LogP contribution in [0, 0.1) is 22.7 Å². The fourth-order valence-corrected chi connectivity index (χ4v) is 2.85. The highest BCUT2D eigenvalue weighted by Gasteiger charge is 2.09. The molecule has 3 aromatic rings. The maximum atomic E-state index is 12.3. The monoisotopic (exact) mass is 346 g/mol. The normalized spacial score (nSPS) is 9.68. The van der Waals surface area contributed by atoms with E-state index in [-0.39, 0.29) is 11.6 Å². The number of aromatic nitrogens is 1. The van der Waals surface area contributed by atoms with Crippen molar-refractivity contribution in [3.8, 4) is 12.1 Å². The fraction of sp³-hybridized carbons (Fsp3) is 0. The zero-order chi connectivity index (χ0) is 17.6. The smallest absolute Gasteiger partial charge is 0.257 e. The lowest BCUT2D eigenvalue weighted by Crippen LogP contribution is -2.11. The Labute approximate surface area is 146 Å². The van der Waals surface area contributed by atoms with E-state index in [9.17, 15) is 4.79 Å². The molecule has 2 N–H and O–H groups in total. The van der Waals surface area contributed by atoms with E-state index < -0.39 is 0 Å². The Bertz CT molecular complexity index is 990. The number of nitrogens with one attached hydrogen (secondary N) is 2. The molecule has 120 valence electrons. The van der Waals surface area contributed by atoms with Gasteiger partial charge in [-0.2, -0.15) is 15.6 Å². The number of hydrogen-bond donors (Lipinski definition) is 2. The average Bonchev–Trinajstić information content (AvgIpc) is 3.05. The van der Waals surface area contributed by atoms with Crippen LogP contribution in [0.25, 0.3) is 10.2 Å². The maximum Gasteiger partial charge on any atom is 0.257 e. The molecule has 0 fully saturated rings. The lowest BCUT2D eigenvalue weighted by Gasteiger charge is -2.03. The zero-order valence-corrected chi connectivity index (χ0v) is 13.5. The first kappa shape index (κ1) is 16.1. The van der Waals surface area contributed by atoms with E-state index in [1.807, 2.05) is 24.3 Å². The van der Waals surface area contributed by atoms with Gasteiger partial charge >= 0.3 is 0 Å². The number of fused-ring (bicyclic) bond motifs is 1. The summed E-state index contributed by atoms with van der Waals surface area (Å²) in [7, 11) is 0. The van der Waals surface area contributed by atoms with E-state index >= 15 is 0 Å². The number of carbonyl (C=O) groups excluding carboxylic acids is 1. The van der Waals surface area contributed by atoms with Crippen LogP contribution in [-0.2, 0) is 0 Å². The summed E-state index contributed by atoms with van der Waals surface area (Å²) in [5, 5.41) is 24.2. The lowest BCUT2D eigenvalue weighted by atomic mass is 10.2. The first-order chi connectivity index (χ1) is 12.2. The van der Waals surface area contributed by atoms with Crippen molar-refractivity contribution < 1.29 is 4.79 Å². The molecular formula is C17H10N6OS. The van der Waals surface area contributed by atoms with Crippen molar-refractivity contribution in [2.24, 2.45) is 5.10 Å². The predicted molar refractivity (Wildman–Crippen MR) is 96.3 cm³/mol. The van der Waals surface area contributed by atoms with Gasteiger partial charge in [0.15, 0.2) is 5.13 Å². The van der Waals surface area contributed by atoms with E-state index in [0.717, 1.165) is 10.2 Å². The van der Waals surface area contributed by atoms with Gasteiger partial charge in [-0.3, -0.25) is 15.5 Å². The highest BCUT2D eigenvalue weighted by atomic mass is 32.1. The van der Waals surface area contributed by atoms with Crippen molar-refractivity contribution in [2.45, 2.75) is 0 Å². The van der Waals surface area contributed by atoms with Crippen LogP contribution in [0.1, 0.15) is 10.4 Å². The summed E-state index contributed by atoms with van der Waals surface area (Å²) in [4.78, 5) is 16.6. The van der Waals surface area contributed by atoms with Gasteiger partial charge in [0.05, 0.1) is 15.9 Å². The predicted octanol–water partition coefficient (Wildman–Crippen LogP) is 3.36. The van der Waals surface area contributed by atoms with E-state index in [1.54, 1.807) is 36.4 Å². The van der Waals surface area contributed by atoms with Gasteiger partial charge in [-0.25, -0.2) is 4.98 Å². The molecule has 3 rings (SSSR count). The van der Waals surface area contributed by atoms with Crippen molar-refractivity contribution >= 4 is 44.0 Å². The molecule has 0 saturated carbocycles. The van der Waals surface area contributed by atoms with Gasteiger partial charge in [-0.05, 0) is 36.4 Å². The summed E-state index contributed by atoms with van der Waals surface area (Å²) in [6, 6.07) is 17.4. The number of para-hydroxylation sites is 1. The van der Waals surface area contributed by atoms with Crippen molar-refractivity contribution in [3.63, 3.8) is 0 Å². The van der Waals surface area contributed by atoms with Crippen LogP contribution in [0.15, 0.2) is 53.6 Å². The summed E-state index contributed by atoms with van der Waals surface area (Å²) in [6.45, 7) is 0. The highest BCUT2D eigenvalue weighted by molar-refractivity contribution is 7.22. The Morgan fingerprint density at radius 2 is 1.80 bits per heavy atom. The molecule has 0 aliphatic carbocycles. The number of amides is 1. The number of carbonyl (C=O) groups is 1. The minimum Gasteiger partial charge on any atom is -0.298 e. The largest absolute Gasteiger partial charge is 0.298 e. The molecule has 7 nitrogen and oxygen atoms in total. The molecule has 1 amide bonds. The molecule has 1 heterocycles. The van der Waals surface area contributed by atoms with Crippen LogP contribution in [0.3, 0.4) is 0 Å². The van der Waals surface area contributed by atoms with Crippen molar-refractivity contribution in [1.82, 2.24) is 4.98 Å². The second-order valence-electron chi connectivity index (χ2n) is 4.81. The summed E-state index contributed by atoms with van der Waals surface area (Å²) in [6.07, 6.45) is 0. The van der Waals surface area contributed by atoms with Crippen molar-refractivity contribution in [2.75, 3.05) is 10.7 Å². The van der Waals surface area contributed by atoms with Gasteiger partial charge in [0, 0.05) is 5.56 Å². The van der Waals surface area contributed by atoms with Crippen LogP contribution in [0.5, 0.6) is 0 Å². The number of rotatable bonds is 4. The first-order valence-electron chi connectivity index (χ1n) is 7.10. The molecule has 0 spiro atoms. The van der Waals surface area contributed by atoms with E-state index in [0.29, 0.717) is 16.4 Å². The molecule has 1 aromatic heterocycles. The third-order valence-corrected chi connectivity index (χ3v) is 4.12. The van der Waals surface area contributed by atoms with Crippen molar-refractivity contribution in [1.29, 1.82) is 10.5 Å². The Balaban J connectivity index is 1.69. The van der Waals surface area contributed by atoms with E-state index in [1.165, 1.54) is 11.3 Å². The Hall–Kier alpha value is -3.75. The van der Waals surface area contributed by atoms with E-state index in [2.05, 4.69) is 20.8 Å². The van der Waals surface area contributed by atoms with Gasteiger partial charge in [0.2, 0.25) is 5.71 Å². The number of hydrazone groups is 1. The number of benzene rings is 2. The summed E-state index contributed by atoms with van der Waals surface area (Å²) in [5.74, 6) is -0.274. The highest BCUT2D eigenvalue weighted by Crippen LogP contribution is 2.25. The SMILES string of the molecule is N#CC(C#N)=NNc1ccc(C(=O)Nc2nc3ccccc3s2)cc1. The third kappa shape index (κ3) is 3.78. The number of nitriles is 2. The lowest BCUT2D eigenvalue weighted by molar-refractivity contribution is 0.102. The molecule has 8 heteroatoms. The van der Waals surface area contributed by atoms with Crippen LogP contribution in [0.4, 0.5) is 10.8 Å². The third-order valence-electron chi connectivity index (χ3n) is 3.17. The molecule has 0 saturated heterocycles. The topological polar surface area (TPSA) is 114 Å². The minimum atomic E-state index is -0.280. The molecular weight excluding hydrogens is 336 g/mol. The van der Waals surface area contributed by atoms with Crippen LogP contribution in [-0.4, -0.2) is 16.6 Å². The van der Waals surface area contributed by atoms with E-state index in [4.69, 9.17) is 10.5 Å². The average molecular weight is 346 g/mol. The van der Waals surface area contributed by atoms with Gasteiger partial charge in [-0.1, -0.05) is 23.5 Å². The number of hydrogen-bond acceptors (Lipinski definition) is 7. The summed E-state index contributed by atoms with van der Waals surface area (Å²) in [5.41, 5.74) is 4.15. The molecule has 0 bridgehead atoms. The molecule has 0 unspecified atom stereocenters. The Kier molecular flexibility index (Phi) is 4.65. The van der Waals surface area contributed by atoms with Gasteiger partial charge in [0.25, 0.3) is 5.91 Å². The van der Waals surface area contributed by atoms with Crippen LogP contribution >= 0.6 is 11.3 Å². The summed E-state index contributed by atoms with van der Waals surface area (Å²) < 4.78 is 1.00.